The second kappa shape index (κ2) is 4.03. The summed E-state index contributed by atoms with van der Waals surface area (Å²) in [7, 11) is 1.34. The van der Waals surface area contributed by atoms with Crippen molar-refractivity contribution in [3.63, 3.8) is 0 Å². The van der Waals surface area contributed by atoms with Crippen LogP contribution < -0.4 is 11.1 Å². The first-order valence-corrected chi connectivity index (χ1v) is 4.37. The molecule has 1 rings (SSSR count). The highest BCUT2D eigenvalue weighted by molar-refractivity contribution is 6.66. The second-order valence-corrected chi connectivity index (χ2v) is 3.38. The van der Waals surface area contributed by atoms with E-state index in [0.717, 1.165) is 10.8 Å². The van der Waals surface area contributed by atoms with Gasteiger partial charge in [0.25, 0.3) is 0 Å². The van der Waals surface area contributed by atoms with Gasteiger partial charge in [0.2, 0.25) is 0 Å². The summed E-state index contributed by atoms with van der Waals surface area (Å²) in [5.41, 5.74) is -2.88. The third-order valence-corrected chi connectivity index (χ3v) is 2.07. The maximum Gasteiger partial charge on any atom is 0.506 e. The lowest BCUT2D eigenvalue weighted by atomic mass is 9.80. The highest BCUT2D eigenvalue weighted by Gasteiger charge is 2.26. The highest BCUT2D eigenvalue weighted by atomic mass is 19.4. The van der Waals surface area contributed by atoms with E-state index in [4.69, 9.17) is 0 Å². The van der Waals surface area contributed by atoms with E-state index in [2.05, 4.69) is 6.58 Å². The number of hydrogen-bond acceptors (Lipinski definition) is 2. The van der Waals surface area contributed by atoms with Gasteiger partial charge in [-0.25, -0.2) is 0 Å². The molecule has 0 fully saturated rings. The molecule has 0 atom stereocenters. The van der Waals surface area contributed by atoms with Crippen LogP contribution in [-0.4, -0.2) is 16.1 Å². The third kappa shape index (κ3) is 2.44. The zero-order valence-electron chi connectivity index (χ0n) is 8.49. The molecule has 0 aromatic carbocycles. The standard InChI is InChI=1S/C8H9BF3N2O2/c1-6(9(10,11)12)5-14-4-3-13(2)7(15)8(14)16/h3-4H,1,5H2,2H3/q-1. The van der Waals surface area contributed by atoms with Gasteiger partial charge in [0.1, 0.15) is 0 Å². The van der Waals surface area contributed by atoms with Gasteiger partial charge in [-0.1, -0.05) is 0 Å². The maximum atomic E-state index is 12.2. The number of halogens is 3. The zero-order chi connectivity index (χ0) is 12.5. The fraction of sp³-hybridized carbons (Fsp3) is 0.250. The van der Waals surface area contributed by atoms with Crippen LogP contribution in [0.1, 0.15) is 0 Å². The Hall–Kier alpha value is -1.73. The molecular formula is C8H9BF3N2O2-. The molecule has 16 heavy (non-hydrogen) atoms. The Labute approximate surface area is 88.7 Å². The van der Waals surface area contributed by atoms with Crippen LogP contribution in [0.5, 0.6) is 0 Å². The van der Waals surface area contributed by atoms with Gasteiger partial charge in [-0.05, 0) is 0 Å². The van der Waals surface area contributed by atoms with Crippen LogP contribution in [0, 0.1) is 0 Å². The van der Waals surface area contributed by atoms with Crippen molar-refractivity contribution in [1.29, 1.82) is 0 Å². The van der Waals surface area contributed by atoms with E-state index in [1.54, 1.807) is 0 Å². The predicted octanol–water partition coefficient (Wildman–Crippen LogP) is 0.490. The zero-order valence-corrected chi connectivity index (χ0v) is 8.49. The van der Waals surface area contributed by atoms with Crippen molar-refractivity contribution < 1.29 is 12.9 Å². The Morgan fingerprint density at radius 2 is 1.88 bits per heavy atom. The lowest BCUT2D eigenvalue weighted by molar-refractivity contribution is 0.481. The van der Waals surface area contributed by atoms with Crippen molar-refractivity contribution >= 4 is 6.98 Å². The van der Waals surface area contributed by atoms with Crippen LogP contribution in [0.25, 0.3) is 0 Å². The summed E-state index contributed by atoms with van der Waals surface area (Å²) in [6.45, 7) is -3.06. The van der Waals surface area contributed by atoms with Gasteiger partial charge < -0.3 is 22.1 Å². The molecule has 0 unspecified atom stereocenters. The van der Waals surface area contributed by atoms with E-state index in [1.807, 2.05) is 0 Å². The van der Waals surface area contributed by atoms with Crippen molar-refractivity contribution in [3.8, 4) is 0 Å². The molecule has 0 spiro atoms. The topological polar surface area (TPSA) is 44.0 Å². The number of hydrogen-bond donors (Lipinski definition) is 0. The molecule has 0 bridgehead atoms. The first kappa shape index (κ1) is 12.3. The quantitative estimate of drug-likeness (QED) is 0.563. The van der Waals surface area contributed by atoms with Gasteiger partial charge in [-0.2, -0.15) is 0 Å². The molecule has 0 saturated heterocycles. The Kier molecular flexibility index (Phi) is 3.11. The van der Waals surface area contributed by atoms with Crippen molar-refractivity contribution in [2.75, 3.05) is 0 Å². The molecular weight excluding hydrogens is 224 g/mol. The van der Waals surface area contributed by atoms with E-state index in [0.29, 0.717) is 4.57 Å². The normalized spacial score (nSPS) is 11.5. The third-order valence-electron chi connectivity index (χ3n) is 2.07. The monoisotopic (exact) mass is 233 g/mol. The van der Waals surface area contributed by atoms with E-state index in [1.165, 1.54) is 13.2 Å². The molecule has 0 amide bonds. The van der Waals surface area contributed by atoms with E-state index >= 15 is 0 Å². The van der Waals surface area contributed by atoms with Gasteiger partial charge >= 0.3 is 18.1 Å². The predicted molar refractivity (Wildman–Crippen MR) is 54.2 cm³/mol. The first-order valence-electron chi connectivity index (χ1n) is 4.37. The summed E-state index contributed by atoms with van der Waals surface area (Å²) < 4.78 is 38.3. The number of allylic oxidation sites excluding steroid dienone is 1. The van der Waals surface area contributed by atoms with Crippen LogP contribution in [0.4, 0.5) is 12.9 Å². The molecule has 0 aliphatic rings. The van der Waals surface area contributed by atoms with Crippen LogP contribution in [-0.2, 0) is 13.6 Å². The number of rotatable bonds is 3. The molecule has 0 radical (unpaired) electrons. The van der Waals surface area contributed by atoms with Gasteiger partial charge in [0, 0.05) is 26.0 Å². The molecule has 0 N–H and O–H groups in total. The smallest absolute Gasteiger partial charge is 0.445 e. The summed E-state index contributed by atoms with van der Waals surface area (Å²) in [5.74, 6) is 0. The molecule has 0 aliphatic carbocycles. The summed E-state index contributed by atoms with van der Waals surface area (Å²) in [6, 6.07) is 0. The minimum atomic E-state index is -5.20. The fourth-order valence-electron chi connectivity index (χ4n) is 1.04. The Morgan fingerprint density at radius 3 is 2.38 bits per heavy atom. The first-order chi connectivity index (χ1) is 7.23. The van der Waals surface area contributed by atoms with Crippen molar-refractivity contribution in [1.82, 2.24) is 9.13 Å². The lowest BCUT2D eigenvalue weighted by Gasteiger charge is -2.18. The molecule has 1 aromatic heterocycles. The number of nitrogens with zero attached hydrogens (tertiary/aromatic N) is 2. The van der Waals surface area contributed by atoms with E-state index < -0.39 is 30.1 Å². The van der Waals surface area contributed by atoms with Crippen LogP contribution in [0.3, 0.4) is 0 Å². The van der Waals surface area contributed by atoms with Gasteiger partial charge in [0.15, 0.2) is 0 Å². The maximum absolute atomic E-state index is 12.2. The van der Waals surface area contributed by atoms with E-state index in [-0.39, 0.29) is 0 Å². The molecule has 0 aliphatic heterocycles. The Bertz CT molecular complexity index is 529. The Morgan fingerprint density at radius 1 is 1.31 bits per heavy atom. The molecule has 8 heteroatoms. The van der Waals surface area contributed by atoms with Crippen LogP contribution in [0.15, 0.2) is 34.0 Å². The average Bonchev–Trinajstić information content (AvgIpc) is 2.17. The molecule has 0 saturated carbocycles. The second-order valence-electron chi connectivity index (χ2n) is 3.38. The van der Waals surface area contributed by atoms with Crippen LogP contribution in [0.2, 0.25) is 0 Å². The summed E-state index contributed by atoms with van der Waals surface area (Å²) in [6.07, 6.45) is 2.34. The Balaban J connectivity index is 3.10. The largest absolute Gasteiger partial charge is 0.506 e. The van der Waals surface area contributed by atoms with Crippen molar-refractivity contribution in [2.24, 2.45) is 7.05 Å². The minimum absolute atomic E-state index is 0.694. The van der Waals surface area contributed by atoms with Gasteiger partial charge in [-0.15, -0.1) is 12.1 Å². The fourth-order valence-corrected chi connectivity index (χ4v) is 1.04. The lowest BCUT2D eigenvalue weighted by Crippen LogP contribution is -2.40. The SMILES string of the molecule is C=C(Cn1ccn(C)c(=O)c1=O)[B-](F)(F)F. The van der Waals surface area contributed by atoms with Gasteiger partial charge in [0.05, 0.1) is 0 Å². The molecule has 4 nitrogen and oxygen atoms in total. The number of aryl methyl sites for hydroxylation is 1. The number of aromatic nitrogens is 2. The van der Waals surface area contributed by atoms with Crippen molar-refractivity contribution in [3.05, 3.63) is 45.2 Å². The van der Waals surface area contributed by atoms with Gasteiger partial charge in [-0.3, -0.25) is 9.59 Å². The molecule has 1 aromatic rings. The molecule has 1 heterocycles. The molecule has 88 valence electrons. The van der Waals surface area contributed by atoms with E-state index in [9.17, 15) is 22.5 Å². The summed E-state index contributed by atoms with van der Waals surface area (Å²) in [5, 5.41) is 0. The van der Waals surface area contributed by atoms with Crippen LogP contribution >= 0.6 is 0 Å². The summed E-state index contributed by atoms with van der Waals surface area (Å²) in [4.78, 5) is 22.4. The minimum Gasteiger partial charge on any atom is -0.445 e. The van der Waals surface area contributed by atoms with Crippen molar-refractivity contribution in [2.45, 2.75) is 6.54 Å². The highest BCUT2D eigenvalue weighted by Crippen LogP contribution is 2.18. The summed E-state index contributed by atoms with van der Waals surface area (Å²) >= 11 is 0. The average molecular weight is 233 g/mol.